The van der Waals surface area contributed by atoms with Crippen LogP contribution in [0.25, 0.3) is 0 Å². The van der Waals surface area contributed by atoms with E-state index in [4.69, 9.17) is 4.74 Å². The molecule has 3 heterocycles. The molecule has 3 aliphatic heterocycles. The molecule has 0 radical (unpaired) electrons. The number of likely N-dealkylation sites (tertiary alicyclic amines) is 1. The molecule has 7 atom stereocenters. The molecule has 3 fully saturated rings. The fourth-order valence-corrected chi connectivity index (χ4v) is 7.63. The summed E-state index contributed by atoms with van der Waals surface area (Å²) in [5.41, 5.74) is 1.42. The van der Waals surface area contributed by atoms with Crippen molar-refractivity contribution in [2.24, 2.45) is 11.8 Å². The zero-order chi connectivity index (χ0) is 28.6. The van der Waals surface area contributed by atoms with Gasteiger partial charge in [-0.3, -0.25) is 14.4 Å². The number of amides is 3. The Morgan fingerprint density at radius 2 is 1.80 bits per heavy atom. The molecule has 3 aliphatic rings. The number of nitrogens with zero attached hydrogens (tertiary/aromatic N) is 2. The van der Waals surface area contributed by atoms with Crippen molar-refractivity contribution in [3.63, 3.8) is 0 Å². The molecule has 2 bridgehead atoms. The molecule has 10 heteroatoms. The summed E-state index contributed by atoms with van der Waals surface area (Å²) in [4.78, 5) is 44.9. The largest absolute Gasteiger partial charge is 0.394 e. The topological polar surface area (TPSA) is 111 Å². The van der Waals surface area contributed by atoms with Crippen molar-refractivity contribution in [1.29, 1.82) is 0 Å². The lowest BCUT2D eigenvalue weighted by Gasteiger charge is -2.35. The smallest absolute Gasteiger partial charge is 0.250 e. The van der Waals surface area contributed by atoms with E-state index in [1.807, 2.05) is 54.6 Å². The van der Waals surface area contributed by atoms with Gasteiger partial charge in [-0.05, 0) is 57.0 Å². The Balaban J connectivity index is 1.42. The lowest BCUT2D eigenvalue weighted by Crippen LogP contribution is -2.56. The van der Waals surface area contributed by atoms with Gasteiger partial charge in [0.2, 0.25) is 17.7 Å². The van der Waals surface area contributed by atoms with Crippen LogP contribution in [0, 0.1) is 11.8 Å². The van der Waals surface area contributed by atoms with E-state index in [0.717, 1.165) is 24.3 Å². The summed E-state index contributed by atoms with van der Waals surface area (Å²) in [6.07, 6.45) is -0.135. The van der Waals surface area contributed by atoms with Gasteiger partial charge in [-0.1, -0.05) is 46.3 Å². The van der Waals surface area contributed by atoms with Gasteiger partial charge in [0.05, 0.1) is 30.6 Å². The summed E-state index contributed by atoms with van der Waals surface area (Å²) in [6.45, 7) is 7.64. The monoisotopic (exact) mass is 612 g/mol. The fourth-order valence-electron chi connectivity index (χ4n) is 6.69. The second kappa shape index (κ2) is 11.5. The van der Waals surface area contributed by atoms with Crippen molar-refractivity contribution in [2.75, 3.05) is 29.9 Å². The minimum Gasteiger partial charge on any atom is -0.394 e. The first-order valence-electron chi connectivity index (χ1n) is 14.0. The first-order valence-corrected chi connectivity index (χ1v) is 14.9. The molecule has 5 rings (SSSR count). The Hall–Kier alpha value is -2.95. The molecular formula is C30H37BrN4O5. The lowest BCUT2D eigenvalue weighted by molar-refractivity contribution is -0.143. The van der Waals surface area contributed by atoms with Crippen molar-refractivity contribution in [2.45, 2.75) is 62.4 Å². The molecule has 40 heavy (non-hydrogen) atoms. The third-order valence-corrected chi connectivity index (χ3v) is 9.44. The van der Waals surface area contributed by atoms with Gasteiger partial charge in [0.1, 0.15) is 11.6 Å². The standard InChI is InChI=1S/C30H37BrN4O5/c1-4-34(5-2)21-13-11-20(12-14-21)33-28(38)26-30-15-22(31)25(40-30)23(24(30)29(39)35(26)18(3)17-36)27(37)32-16-19-9-7-6-8-10-19/h6-14,18,22-26,36H,4-5,15-17H2,1-3H3,(H,32,37)(H,33,38)/t18-,22?,23-,24+,25-,26?,30?/m1/s1. The lowest BCUT2D eigenvalue weighted by atomic mass is 9.70. The number of hydrogen-bond acceptors (Lipinski definition) is 6. The molecule has 9 nitrogen and oxygen atoms in total. The number of fused-ring (bicyclic) bond motifs is 1. The van der Waals surface area contributed by atoms with E-state index < -0.39 is 41.5 Å². The van der Waals surface area contributed by atoms with Crippen molar-refractivity contribution in [1.82, 2.24) is 10.2 Å². The summed E-state index contributed by atoms with van der Waals surface area (Å²) in [5.74, 6) is -2.58. The highest BCUT2D eigenvalue weighted by atomic mass is 79.9. The molecule has 0 aromatic heterocycles. The quantitative estimate of drug-likeness (QED) is 0.356. The SMILES string of the molecule is CCN(CC)c1ccc(NC(=O)C2N([C@H](C)CO)C(=O)[C@@H]3[C@@H](C(=O)NCc4ccccc4)[C@@H]4OC23CC4Br)cc1. The number of carbonyl (C=O) groups excluding carboxylic acids is 3. The molecule has 2 aromatic rings. The average Bonchev–Trinajstić information content (AvgIpc) is 3.56. The van der Waals surface area contributed by atoms with Crippen LogP contribution in [0.1, 0.15) is 32.8 Å². The highest BCUT2D eigenvalue weighted by Crippen LogP contribution is 2.60. The van der Waals surface area contributed by atoms with Crippen molar-refractivity contribution < 1.29 is 24.2 Å². The number of carbonyl (C=O) groups is 3. The van der Waals surface area contributed by atoms with E-state index in [9.17, 15) is 19.5 Å². The predicted octanol–water partition coefficient (Wildman–Crippen LogP) is 2.92. The number of halogens is 1. The van der Waals surface area contributed by atoms with E-state index in [2.05, 4.69) is 45.3 Å². The van der Waals surface area contributed by atoms with Crippen molar-refractivity contribution >= 4 is 45.0 Å². The van der Waals surface area contributed by atoms with Crippen LogP contribution < -0.4 is 15.5 Å². The Kier molecular flexibility index (Phi) is 8.22. The molecule has 214 valence electrons. The maximum absolute atomic E-state index is 14.0. The van der Waals surface area contributed by atoms with Crippen LogP contribution in [0.2, 0.25) is 0 Å². The maximum atomic E-state index is 14.0. The number of ether oxygens (including phenoxy) is 1. The number of benzene rings is 2. The van der Waals surface area contributed by atoms with Gasteiger partial charge in [0, 0.05) is 35.8 Å². The second-order valence-electron chi connectivity index (χ2n) is 10.9. The van der Waals surface area contributed by atoms with Crippen LogP contribution in [0.15, 0.2) is 54.6 Å². The minimum atomic E-state index is -1.18. The van der Waals surface area contributed by atoms with Gasteiger partial charge in [0.15, 0.2) is 0 Å². The zero-order valence-corrected chi connectivity index (χ0v) is 24.6. The van der Waals surface area contributed by atoms with Gasteiger partial charge in [0.25, 0.3) is 0 Å². The highest BCUT2D eigenvalue weighted by Gasteiger charge is 2.76. The third-order valence-electron chi connectivity index (χ3n) is 8.59. The third kappa shape index (κ3) is 4.80. The molecule has 3 saturated heterocycles. The van der Waals surface area contributed by atoms with Gasteiger partial charge < -0.3 is 30.3 Å². The number of alkyl halides is 1. The van der Waals surface area contributed by atoms with E-state index in [1.165, 1.54) is 4.90 Å². The normalized spacial score (nSPS) is 29.3. The molecule has 1 spiro atoms. The van der Waals surface area contributed by atoms with Gasteiger partial charge in [-0.2, -0.15) is 0 Å². The molecular weight excluding hydrogens is 576 g/mol. The zero-order valence-electron chi connectivity index (χ0n) is 23.0. The first kappa shape index (κ1) is 28.6. The van der Waals surface area contributed by atoms with Crippen LogP contribution in [0.3, 0.4) is 0 Å². The van der Waals surface area contributed by atoms with E-state index >= 15 is 0 Å². The summed E-state index contributed by atoms with van der Waals surface area (Å²) < 4.78 is 6.51. The van der Waals surface area contributed by atoms with Crippen LogP contribution >= 0.6 is 15.9 Å². The first-order chi connectivity index (χ1) is 19.2. The Bertz CT molecular complexity index is 1240. The molecule has 0 aliphatic carbocycles. The Morgan fingerprint density at radius 3 is 2.42 bits per heavy atom. The van der Waals surface area contributed by atoms with E-state index in [0.29, 0.717) is 18.7 Å². The number of nitrogens with one attached hydrogen (secondary N) is 2. The predicted molar refractivity (Wildman–Crippen MR) is 156 cm³/mol. The summed E-state index contributed by atoms with van der Waals surface area (Å²) in [7, 11) is 0. The summed E-state index contributed by atoms with van der Waals surface area (Å²) in [6, 6.07) is 15.5. The summed E-state index contributed by atoms with van der Waals surface area (Å²) >= 11 is 3.68. The maximum Gasteiger partial charge on any atom is 0.250 e. The van der Waals surface area contributed by atoms with Crippen LogP contribution in [-0.4, -0.2) is 76.0 Å². The number of anilines is 2. The molecule has 0 saturated carbocycles. The molecule has 3 N–H and O–H groups in total. The highest BCUT2D eigenvalue weighted by molar-refractivity contribution is 9.09. The average molecular weight is 614 g/mol. The molecule has 3 unspecified atom stereocenters. The van der Waals surface area contributed by atoms with Gasteiger partial charge >= 0.3 is 0 Å². The van der Waals surface area contributed by atoms with Crippen molar-refractivity contribution in [3.05, 3.63) is 60.2 Å². The Morgan fingerprint density at radius 1 is 1.12 bits per heavy atom. The number of rotatable bonds is 10. The molecule has 3 amide bonds. The van der Waals surface area contributed by atoms with Crippen molar-refractivity contribution in [3.8, 4) is 0 Å². The number of aliphatic hydroxyl groups is 1. The van der Waals surface area contributed by atoms with Crippen LogP contribution in [-0.2, 0) is 25.7 Å². The second-order valence-corrected chi connectivity index (χ2v) is 12.0. The number of hydrogen-bond donors (Lipinski definition) is 3. The number of aliphatic hydroxyl groups excluding tert-OH is 1. The molecule has 2 aromatic carbocycles. The minimum absolute atomic E-state index is 0.197. The van der Waals surface area contributed by atoms with Gasteiger partial charge in [-0.15, -0.1) is 0 Å². The van der Waals surface area contributed by atoms with E-state index in [-0.39, 0.29) is 23.2 Å². The van der Waals surface area contributed by atoms with Gasteiger partial charge in [-0.25, -0.2) is 0 Å². The summed E-state index contributed by atoms with van der Waals surface area (Å²) in [5, 5.41) is 16.0. The van der Waals surface area contributed by atoms with Crippen LogP contribution in [0.4, 0.5) is 11.4 Å². The fraction of sp³-hybridized carbons (Fsp3) is 0.500. The Labute approximate surface area is 243 Å². The van der Waals surface area contributed by atoms with E-state index in [1.54, 1.807) is 6.92 Å². The van der Waals surface area contributed by atoms with Crippen LogP contribution in [0.5, 0.6) is 0 Å².